The van der Waals surface area contributed by atoms with Gasteiger partial charge in [0, 0.05) is 40.5 Å². The summed E-state index contributed by atoms with van der Waals surface area (Å²) in [6.45, 7) is 15.3. The number of ether oxygens (including phenoxy) is 5. The summed E-state index contributed by atoms with van der Waals surface area (Å²) in [6.07, 6.45) is 10.5. The van der Waals surface area contributed by atoms with Crippen LogP contribution in [0.1, 0.15) is 92.7 Å². The summed E-state index contributed by atoms with van der Waals surface area (Å²) in [6, 6.07) is 7.34. The molecule has 0 N–H and O–H groups in total. The highest BCUT2D eigenvalue weighted by Crippen LogP contribution is 2.40. The van der Waals surface area contributed by atoms with Gasteiger partial charge in [-0.1, -0.05) is 79.6 Å². The zero-order chi connectivity index (χ0) is 38.6. The maximum absolute atomic E-state index is 12.9. The first kappa shape index (κ1) is 41.8. The van der Waals surface area contributed by atoms with Gasteiger partial charge < -0.3 is 23.7 Å². The van der Waals surface area contributed by atoms with E-state index in [0.29, 0.717) is 0 Å². The number of hydrogen-bond donors (Lipinski definition) is 0. The van der Waals surface area contributed by atoms with Gasteiger partial charge in [-0.25, -0.2) is 0 Å². The molecule has 0 bridgehead atoms. The number of benzene rings is 1. The summed E-state index contributed by atoms with van der Waals surface area (Å²) in [5, 5.41) is 0. The second-order valence-corrected chi connectivity index (χ2v) is 14.3. The fourth-order valence-electron chi connectivity index (χ4n) is 6.69. The van der Waals surface area contributed by atoms with Gasteiger partial charge in [-0.3, -0.25) is 24.0 Å². The van der Waals surface area contributed by atoms with Crippen molar-refractivity contribution >= 4 is 29.7 Å². The van der Waals surface area contributed by atoms with E-state index in [4.69, 9.17) is 23.7 Å². The lowest BCUT2D eigenvalue weighted by Crippen LogP contribution is -2.62. The number of allylic oxidation sites excluding steroid dienone is 10. The molecule has 3 rings (SSSR count). The summed E-state index contributed by atoms with van der Waals surface area (Å²) in [7, 11) is 0. The second kappa shape index (κ2) is 19.3. The van der Waals surface area contributed by atoms with E-state index in [-0.39, 0.29) is 30.6 Å². The van der Waals surface area contributed by atoms with Crippen LogP contribution >= 0.6 is 0 Å². The Morgan fingerprint density at radius 3 is 1.92 bits per heavy atom. The monoisotopic (exact) mass is 718 g/mol. The molecule has 0 unspecified atom stereocenters. The van der Waals surface area contributed by atoms with Gasteiger partial charge >= 0.3 is 23.9 Å². The number of carbonyl (C=O) groups is 5. The van der Waals surface area contributed by atoms with Crippen molar-refractivity contribution in [3.05, 3.63) is 94.1 Å². The van der Waals surface area contributed by atoms with E-state index in [1.807, 2.05) is 49.4 Å². The van der Waals surface area contributed by atoms with E-state index >= 15 is 0 Å². The Labute approximate surface area is 307 Å². The quantitative estimate of drug-likeness (QED) is 0.0858. The third-order valence-electron chi connectivity index (χ3n) is 9.09. The average molecular weight is 719 g/mol. The van der Waals surface area contributed by atoms with Crippen LogP contribution in [0.2, 0.25) is 0 Å². The molecule has 52 heavy (non-hydrogen) atoms. The third kappa shape index (κ3) is 13.2. The molecule has 2 aliphatic rings. The molecule has 282 valence electrons. The molecule has 1 aromatic rings. The molecule has 10 nitrogen and oxygen atoms in total. The molecule has 1 aromatic carbocycles. The van der Waals surface area contributed by atoms with E-state index in [1.165, 1.54) is 51.7 Å². The van der Waals surface area contributed by atoms with Crippen LogP contribution in [0.25, 0.3) is 0 Å². The highest BCUT2D eigenvalue weighted by atomic mass is 16.7. The Morgan fingerprint density at radius 2 is 1.35 bits per heavy atom. The number of carbonyl (C=O) groups excluding carboxylic acids is 5. The first-order valence-electron chi connectivity index (χ1n) is 17.8. The van der Waals surface area contributed by atoms with Crippen molar-refractivity contribution < 1.29 is 47.7 Å². The number of hydrogen-bond acceptors (Lipinski definition) is 10. The minimum absolute atomic E-state index is 0.0444. The fourth-order valence-corrected chi connectivity index (χ4v) is 6.69. The molecule has 1 saturated heterocycles. The van der Waals surface area contributed by atoms with Crippen LogP contribution in [0.3, 0.4) is 0 Å². The maximum Gasteiger partial charge on any atom is 0.303 e. The van der Waals surface area contributed by atoms with Crippen LogP contribution in [0.15, 0.2) is 83.0 Å². The van der Waals surface area contributed by atoms with Gasteiger partial charge in [-0.15, -0.1) is 0 Å². The topological polar surface area (TPSA) is 132 Å². The van der Waals surface area contributed by atoms with E-state index in [0.717, 1.165) is 28.7 Å². The van der Waals surface area contributed by atoms with Crippen molar-refractivity contribution in [2.75, 3.05) is 6.61 Å². The Morgan fingerprint density at radius 1 is 0.769 bits per heavy atom. The van der Waals surface area contributed by atoms with Crippen LogP contribution in [0.4, 0.5) is 0 Å². The second-order valence-electron chi connectivity index (χ2n) is 14.3. The van der Waals surface area contributed by atoms with Gasteiger partial charge in [0.2, 0.25) is 0 Å². The van der Waals surface area contributed by atoms with Crippen LogP contribution < -0.4 is 0 Å². The van der Waals surface area contributed by atoms with Crippen molar-refractivity contribution in [3.8, 4) is 0 Å². The lowest BCUT2D eigenvalue weighted by atomic mass is 9.72. The molecule has 1 heterocycles. The molecule has 0 saturated carbocycles. The molecular weight excluding hydrogens is 664 g/mol. The van der Waals surface area contributed by atoms with E-state index in [2.05, 4.69) is 39.8 Å². The van der Waals surface area contributed by atoms with Gasteiger partial charge in [0.1, 0.15) is 18.8 Å². The molecule has 10 heteroatoms. The Bertz CT molecular complexity index is 1620. The van der Waals surface area contributed by atoms with E-state index in [1.54, 1.807) is 6.08 Å². The van der Waals surface area contributed by atoms with Gasteiger partial charge in [0.25, 0.3) is 0 Å². The van der Waals surface area contributed by atoms with E-state index in [9.17, 15) is 24.0 Å². The van der Waals surface area contributed by atoms with Crippen LogP contribution in [0, 0.1) is 5.41 Å². The number of esters is 4. The zero-order valence-electron chi connectivity index (χ0n) is 32.0. The van der Waals surface area contributed by atoms with Gasteiger partial charge in [-0.2, -0.15) is 0 Å². The minimum Gasteiger partial charge on any atom is -0.463 e. The summed E-state index contributed by atoms with van der Waals surface area (Å²) in [5.74, 6) is -2.66. The van der Waals surface area contributed by atoms with Crippen molar-refractivity contribution in [1.29, 1.82) is 0 Å². The summed E-state index contributed by atoms with van der Waals surface area (Å²) in [5.41, 5.74) is 6.63. The molecule has 0 spiro atoms. The van der Waals surface area contributed by atoms with Crippen molar-refractivity contribution in [3.63, 3.8) is 0 Å². The first-order chi connectivity index (χ1) is 24.4. The molecular formula is C42H54O10. The standard InChI is InChI=1S/C42H54O10/c1-26(15-20-36-28(3)14-11-21-42(36,8)9)12-10-13-27(2)22-35(47)23-33-16-18-34(19-17-33)24-37-39(49-30(5)44)41(51-32(7)46)40(50-31(6)45)38(52-37)25-48-29(4)43/h10,12-13,15-20,22,37-41H,11,14,21,23-25H2,1-9H3/b13-10+,20-15+,26-12+,27-22+/t37-,38+,39-,40+,41+/m0/s1. The number of ketones is 1. The molecule has 0 aromatic heterocycles. The average Bonchev–Trinajstić information content (AvgIpc) is 3.02. The Hall–Kier alpha value is -4.57. The molecule has 0 amide bonds. The summed E-state index contributed by atoms with van der Waals surface area (Å²) >= 11 is 0. The Kier molecular flexibility index (Phi) is 15.5. The summed E-state index contributed by atoms with van der Waals surface area (Å²) in [4.78, 5) is 60.7. The summed E-state index contributed by atoms with van der Waals surface area (Å²) < 4.78 is 27.9. The Balaban J connectivity index is 1.70. The largest absolute Gasteiger partial charge is 0.463 e. The van der Waals surface area contributed by atoms with Crippen LogP contribution in [0.5, 0.6) is 0 Å². The van der Waals surface area contributed by atoms with Gasteiger partial charge in [0.15, 0.2) is 24.1 Å². The normalized spacial score (nSPS) is 23.8. The maximum atomic E-state index is 12.9. The predicted octanol–water partition coefficient (Wildman–Crippen LogP) is 7.00. The SMILES string of the molecule is CC(=O)OC[C@H]1O[C@@H](Cc2ccc(CC(=O)/C=C(C)/C=C/C=C(C)/C=C/C3=C(C)CCCC3(C)C)cc2)[C@H](OC(C)=O)[C@@H](OC(C)=O)[C@@H]1OC(C)=O. The zero-order valence-corrected chi connectivity index (χ0v) is 32.0. The van der Waals surface area contributed by atoms with Crippen LogP contribution in [-0.2, 0) is 60.5 Å². The molecule has 1 fully saturated rings. The fraction of sp³-hybridized carbons (Fsp3) is 0.500. The molecule has 0 radical (unpaired) electrons. The first-order valence-corrected chi connectivity index (χ1v) is 17.8. The minimum atomic E-state index is -1.22. The van der Waals surface area contributed by atoms with Crippen LogP contribution in [-0.4, -0.2) is 66.8 Å². The molecule has 1 aliphatic heterocycles. The van der Waals surface area contributed by atoms with E-state index < -0.39 is 54.4 Å². The highest BCUT2D eigenvalue weighted by molar-refractivity contribution is 5.92. The third-order valence-corrected chi connectivity index (χ3v) is 9.09. The lowest BCUT2D eigenvalue weighted by Gasteiger charge is -2.44. The van der Waals surface area contributed by atoms with Gasteiger partial charge in [0.05, 0.1) is 0 Å². The smallest absolute Gasteiger partial charge is 0.303 e. The van der Waals surface area contributed by atoms with Gasteiger partial charge in [-0.05, 0) is 73.8 Å². The van der Waals surface area contributed by atoms with Crippen molar-refractivity contribution in [1.82, 2.24) is 0 Å². The molecule has 1 aliphatic carbocycles. The van der Waals surface area contributed by atoms with Crippen molar-refractivity contribution in [2.24, 2.45) is 5.41 Å². The highest BCUT2D eigenvalue weighted by Gasteiger charge is 2.52. The molecule has 5 atom stereocenters. The predicted molar refractivity (Wildman–Crippen MR) is 197 cm³/mol. The van der Waals surface area contributed by atoms with Crippen molar-refractivity contribution in [2.45, 2.75) is 125 Å². The number of rotatable bonds is 14. The lowest BCUT2D eigenvalue weighted by molar-refractivity contribution is -0.252.